The highest BCUT2D eigenvalue weighted by molar-refractivity contribution is 5.86. The van der Waals surface area contributed by atoms with E-state index < -0.39 is 17.9 Å². The maximum Gasteiger partial charge on any atom is 0.433 e. The SMILES string of the molecule is FC(F)(F)c1ccc(C2N=Cc3ccccc3-n3cccc32)cn1. The Hall–Kier alpha value is -2.89. The highest BCUT2D eigenvalue weighted by Gasteiger charge is 2.32. The summed E-state index contributed by atoms with van der Waals surface area (Å²) in [5.41, 5.74) is 2.55. The fraction of sp³-hybridized carbons (Fsp3) is 0.111. The molecule has 0 spiro atoms. The number of alkyl halides is 3. The van der Waals surface area contributed by atoms with E-state index in [4.69, 9.17) is 0 Å². The first-order chi connectivity index (χ1) is 11.5. The highest BCUT2D eigenvalue weighted by atomic mass is 19.4. The quantitative estimate of drug-likeness (QED) is 0.651. The Bertz CT molecular complexity index is 908. The molecule has 3 heterocycles. The van der Waals surface area contributed by atoms with Gasteiger partial charge in [0.2, 0.25) is 0 Å². The minimum absolute atomic E-state index is 0.401. The van der Waals surface area contributed by atoms with E-state index in [1.165, 1.54) is 12.3 Å². The van der Waals surface area contributed by atoms with Crippen LogP contribution in [0.5, 0.6) is 0 Å². The van der Waals surface area contributed by atoms with Crippen molar-refractivity contribution in [3.8, 4) is 5.69 Å². The molecular formula is C18H12F3N3. The average Bonchev–Trinajstić information content (AvgIpc) is 2.99. The number of hydrogen-bond donors (Lipinski definition) is 0. The van der Waals surface area contributed by atoms with Crippen molar-refractivity contribution < 1.29 is 13.2 Å². The molecule has 4 rings (SSSR count). The molecule has 3 aromatic rings. The van der Waals surface area contributed by atoms with Crippen molar-refractivity contribution in [1.82, 2.24) is 9.55 Å². The molecule has 0 amide bonds. The van der Waals surface area contributed by atoms with Crippen LogP contribution in [0.15, 0.2) is 65.9 Å². The molecule has 0 radical (unpaired) electrons. The second kappa shape index (κ2) is 5.33. The van der Waals surface area contributed by atoms with E-state index in [2.05, 4.69) is 9.98 Å². The molecule has 1 aromatic carbocycles. The van der Waals surface area contributed by atoms with E-state index in [1.807, 2.05) is 47.2 Å². The fourth-order valence-corrected chi connectivity index (χ4v) is 2.88. The summed E-state index contributed by atoms with van der Waals surface area (Å²) in [7, 11) is 0. The number of rotatable bonds is 1. The van der Waals surface area contributed by atoms with Crippen LogP contribution in [0.2, 0.25) is 0 Å². The van der Waals surface area contributed by atoms with Gasteiger partial charge in [-0.25, -0.2) is 0 Å². The van der Waals surface area contributed by atoms with Gasteiger partial charge in [-0.3, -0.25) is 9.98 Å². The average molecular weight is 327 g/mol. The molecule has 24 heavy (non-hydrogen) atoms. The standard InChI is InChI=1S/C18H12F3N3/c19-18(20,21)16-8-7-13(11-22-16)17-15-6-3-9-24(15)14-5-2-1-4-12(14)10-23-17/h1-11,17H. The summed E-state index contributed by atoms with van der Waals surface area (Å²) < 4.78 is 40.1. The van der Waals surface area contributed by atoms with Gasteiger partial charge in [0, 0.05) is 29.7 Å². The zero-order valence-electron chi connectivity index (χ0n) is 12.4. The van der Waals surface area contributed by atoms with Crippen LogP contribution in [0.4, 0.5) is 13.2 Å². The summed E-state index contributed by atoms with van der Waals surface area (Å²) in [6, 6.07) is 13.7. The topological polar surface area (TPSA) is 30.2 Å². The summed E-state index contributed by atoms with van der Waals surface area (Å²) >= 11 is 0. The Kier molecular flexibility index (Phi) is 3.26. The number of pyridine rings is 1. The second-order valence-electron chi connectivity index (χ2n) is 5.52. The van der Waals surface area contributed by atoms with Gasteiger partial charge in [-0.1, -0.05) is 24.3 Å². The summed E-state index contributed by atoms with van der Waals surface area (Å²) in [6.45, 7) is 0. The molecule has 0 aliphatic carbocycles. The van der Waals surface area contributed by atoms with Gasteiger partial charge in [-0.2, -0.15) is 13.2 Å². The molecule has 1 unspecified atom stereocenters. The van der Waals surface area contributed by atoms with Crippen LogP contribution in [0.3, 0.4) is 0 Å². The van der Waals surface area contributed by atoms with Crippen LogP contribution in [0.1, 0.15) is 28.6 Å². The third kappa shape index (κ3) is 2.40. The maximum absolute atomic E-state index is 12.7. The Morgan fingerprint density at radius 2 is 1.79 bits per heavy atom. The van der Waals surface area contributed by atoms with E-state index in [0.717, 1.165) is 23.0 Å². The van der Waals surface area contributed by atoms with E-state index >= 15 is 0 Å². The monoisotopic (exact) mass is 327 g/mol. The summed E-state index contributed by atoms with van der Waals surface area (Å²) in [4.78, 5) is 8.13. The first-order valence-corrected chi connectivity index (χ1v) is 7.37. The lowest BCUT2D eigenvalue weighted by Crippen LogP contribution is -2.09. The third-order valence-corrected chi connectivity index (χ3v) is 4.01. The normalized spacial score (nSPS) is 16.4. The van der Waals surface area contributed by atoms with Gasteiger partial charge in [-0.05, 0) is 24.3 Å². The first-order valence-electron chi connectivity index (χ1n) is 7.37. The zero-order chi connectivity index (χ0) is 16.7. The van der Waals surface area contributed by atoms with E-state index in [0.29, 0.717) is 5.56 Å². The first kappa shape index (κ1) is 14.7. The van der Waals surface area contributed by atoms with Crippen LogP contribution in [-0.4, -0.2) is 15.8 Å². The molecule has 0 saturated heterocycles. The predicted molar refractivity (Wildman–Crippen MR) is 84.4 cm³/mol. The number of aliphatic imine (C=N–C) groups is 1. The number of aromatic nitrogens is 2. The number of halogens is 3. The molecule has 6 heteroatoms. The van der Waals surface area contributed by atoms with Crippen LogP contribution in [0.25, 0.3) is 5.69 Å². The highest BCUT2D eigenvalue weighted by Crippen LogP contribution is 2.33. The van der Waals surface area contributed by atoms with Crippen LogP contribution >= 0.6 is 0 Å². The van der Waals surface area contributed by atoms with Crippen LogP contribution < -0.4 is 0 Å². The lowest BCUT2D eigenvalue weighted by Gasteiger charge is -2.15. The van der Waals surface area contributed by atoms with Crippen molar-refractivity contribution in [1.29, 1.82) is 0 Å². The molecule has 120 valence electrons. The zero-order valence-corrected chi connectivity index (χ0v) is 12.4. The smallest absolute Gasteiger partial charge is 0.318 e. The van der Waals surface area contributed by atoms with E-state index in [-0.39, 0.29) is 0 Å². The summed E-state index contributed by atoms with van der Waals surface area (Å²) in [5, 5.41) is 0. The molecular weight excluding hydrogens is 315 g/mol. The molecule has 1 aliphatic heterocycles. The second-order valence-corrected chi connectivity index (χ2v) is 5.52. The van der Waals surface area contributed by atoms with E-state index in [9.17, 15) is 13.2 Å². The maximum atomic E-state index is 12.7. The lowest BCUT2D eigenvalue weighted by molar-refractivity contribution is -0.141. The van der Waals surface area contributed by atoms with Crippen LogP contribution in [-0.2, 0) is 6.18 Å². The molecule has 0 bridgehead atoms. The predicted octanol–water partition coefficient (Wildman–Crippen LogP) is 4.41. The number of fused-ring (bicyclic) bond motifs is 3. The minimum Gasteiger partial charge on any atom is -0.318 e. The van der Waals surface area contributed by atoms with Crippen molar-refractivity contribution >= 4 is 6.21 Å². The minimum atomic E-state index is -4.44. The third-order valence-electron chi connectivity index (χ3n) is 4.01. The van der Waals surface area contributed by atoms with Crippen molar-refractivity contribution in [2.75, 3.05) is 0 Å². The summed E-state index contributed by atoms with van der Waals surface area (Å²) in [6.07, 6.45) is 0.484. The molecule has 2 aromatic heterocycles. The van der Waals surface area contributed by atoms with Gasteiger partial charge < -0.3 is 4.57 Å². The molecule has 0 fully saturated rings. The Balaban J connectivity index is 1.81. The molecule has 3 nitrogen and oxygen atoms in total. The van der Waals surface area contributed by atoms with Crippen molar-refractivity contribution in [2.45, 2.75) is 12.2 Å². The number of benzene rings is 1. The lowest BCUT2D eigenvalue weighted by atomic mass is 10.1. The van der Waals surface area contributed by atoms with Crippen LogP contribution in [0, 0.1) is 0 Å². The van der Waals surface area contributed by atoms with E-state index in [1.54, 1.807) is 6.21 Å². The van der Waals surface area contributed by atoms with Crippen molar-refractivity contribution in [2.24, 2.45) is 4.99 Å². The number of nitrogens with zero attached hydrogens (tertiary/aromatic N) is 3. The van der Waals surface area contributed by atoms with Gasteiger partial charge >= 0.3 is 6.18 Å². The Morgan fingerprint density at radius 1 is 0.958 bits per heavy atom. The molecule has 0 N–H and O–H groups in total. The van der Waals surface area contributed by atoms with Crippen molar-refractivity contribution in [3.05, 3.63) is 83.4 Å². The van der Waals surface area contributed by atoms with Gasteiger partial charge in [-0.15, -0.1) is 0 Å². The van der Waals surface area contributed by atoms with Gasteiger partial charge in [0.1, 0.15) is 11.7 Å². The molecule has 1 atom stereocenters. The largest absolute Gasteiger partial charge is 0.433 e. The number of hydrogen-bond acceptors (Lipinski definition) is 2. The van der Waals surface area contributed by atoms with Gasteiger partial charge in [0.15, 0.2) is 0 Å². The summed E-state index contributed by atoms with van der Waals surface area (Å²) in [5.74, 6) is 0. The number of para-hydroxylation sites is 1. The Morgan fingerprint density at radius 3 is 2.54 bits per heavy atom. The van der Waals surface area contributed by atoms with Gasteiger partial charge in [0.25, 0.3) is 0 Å². The van der Waals surface area contributed by atoms with Crippen molar-refractivity contribution in [3.63, 3.8) is 0 Å². The van der Waals surface area contributed by atoms with Gasteiger partial charge in [0.05, 0.1) is 11.4 Å². The fourth-order valence-electron chi connectivity index (χ4n) is 2.88. The molecule has 0 saturated carbocycles. The molecule has 1 aliphatic rings. The Labute approximate surface area is 136 Å².